The molecule has 3 aliphatic rings. The zero-order valence-corrected chi connectivity index (χ0v) is 12.3. The number of allylic oxidation sites excluding steroid dienone is 2. The highest BCUT2D eigenvalue weighted by molar-refractivity contribution is 5.95. The first-order valence-electron chi connectivity index (χ1n) is 7.44. The summed E-state index contributed by atoms with van der Waals surface area (Å²) in [7, 11) is 1.57. The first-order chi connectivity index (χ1) is 10.6. The third-order valence-electron chi connectivity index (χ3n) is 4.68. The number of anilines is 1. The van der Waals surface area contributed by atoms with E-state index in [1.54, 1.807) is 31.4 Å². The number of amides is 1. The van der Waals surface area contributed by atoms with Crippen molar-refractivity contribution in [3.63, 3.8) is 0 Å². The summed E-state index contributed by atoms with van der Waals surface area (Å²) in [6.07, 6.45) is 5.56. The minimum absolute atomic E-state index is 0.0221. The van der Waals surface area contributed by atoms with E-state index < -0.39 is 17.8 Å². The van der Waals surface area contributed by atoms with Gasteiger partial charge in [0.1, 0.15) is 5.75 Å². The molecule has 1 amide bonds. The molecule has 4 rings (SSSR count). The molecular weight excluding hydrogens is 282 g/mol. The van der Waals surface area contributed by atoms with E-state index in [-0.39, 0.29) is 17.7 Å². The van der Waals surface area contributed by atoms with Crippen molar-refractivity contribution in [3.8, 4) is 5.75 Å². The Balaban J connectivity index is 1.78. The van der Waals surface area contributed by atoms with Crippen LogP contribution < -0.4 is 15.2 Å². The van der Waals surface area contributed by atoms with E-state index in [0.717, 1.165) is 12.8 Å². The highest BCUT2D eigenvalue weighted by Crippen LogP contribution is 2.45. The van der Waals surface area contributed by atoms with Crippen LogP contribution in [-0.4, -0.2) is 19.0 Å². The molecule has 22 heavy (non-hydrogen) atoms. The zero-order valence-electron chi connectivity index (χ0n) is 12.3. The minimum Gasteiger partial charge on any atom is -0.550 e. The van der Waals surface area contributed by atoms with Crippen molar-refractivity contribution in [1.29, 1.82) is 0 Å². The van der Waals surface area contributed by atoms with Crippen LogP contribution in [0.3, 0.4) is 0 Å². The Morgan fingerprint density at radius 3 is 2.18 bits per heavy atom. The van der Waals surface area contributed by atoms with Crippen molar-refractivity contribution in [2.75, 3.05) is 12.4 Å². The highest BCUT2D eigenvalue weighted by Gasteiger charge is 2.45. The molecule has 1 N–H and O–H groups in total. The number of hydrogen-bond acceptors (Lipinski definition) is 4. The number of fused-ring (bicyclic) bond motifs is 2. The second-order valence-electron chi connectivity index (χ2n) is 5.88. The van der Waals surface area contributed by atoms with Gasteiger partial charge < -0.3 is 20.0 Å². The van der Waals surface area contributed by atoms with Gasteiger partial charge in [-0.1, -0.05) is 12.2 Å². The van der Waals surface area contributed by atoms with E-state index >= 15 is 0 Å². The molecule has 1 saturated carbocycles. The van der Waals surface area contributed by atoms with Gasteiger partial charge in [-0.2, -0.15) is 0 Å². The normalized spacial score (nSPS) is 29.1. The SMILES string of the molecule is COc1ccc(NC(=O)[C@H]2[C@@H](C(=O)[O-])[C@@H]3C=C[C@@H]2CC3)cc1. The summed E-state index contributed by atoms with van der Waals surface area (Å²) in [6, 6.07) is 6.97. The predicted octanol–water partition coefficient (Wildman–Crippen LogP) is 1.21. The number of nitrogens with one attached hydrogen (secondary N) is 1. The lowest BCUT2D eigenvalue weighted by atomic mass is 9.62. The lowest BCUT2D eigenvalue weighted by Gasteiger charge is -2.44. The van der Waals surface area contributed by atoms with E-state index in [2.05, 4.69) is 5.32 Å². The van der Waals surface area contributed by atoms with Crippen LogP contribution in [0.25, 0.3) is 0 Å². The fraction of sp³-hybridized carbons (Fsp3) is 0.412. The fourth-order valence-electron chi connectivity index (χ4n) is 3.57. The first kappa shape index (κ1) is 14.6. The maximum Gasteiger partial charge on any atom is 0.228 e. The van der Waals surface area contributed by atoms with Crippen molar-refractivity contribution in [1.82, 2.24) is 0 Å². The van der Waals surface area contributed by atoms with Gasteiger partial charge in [-0.25, -0.2) is 0 Å². The quantitative estimate of drug-likeness (QED) is 0.848. The molecule has 1 aromatic rings. The lowest BCUT2D eigenvalue weighted by molar-refractivity contribution is -0.316. The number of carboxylic acids is 1. The van der Waals surface area contributed by atoms with Crippen LogP contribution in [0.2, 0.25) is 0 Å². The Morgan fingerprint density at radius 2 is 1.68 bits per heavy atom. The Morgan fingerprint density at radius 1 is 1.09 bits per heavy atom. The Hall–Kier alpha value is -2.30. The van der Waals surface area contributed by atoms with Gasteiger partial charge in [0, 0.05) is 17.6 Å². The molecule has 2 bridgehead atoms. The van der Waals surface area contributed by atoms with Crippen molar-refractivity contribution < 1.29 is 19.4 Å². The third-order valence-corrected chi connectivity index (χ3v) is 4.68. The molecule has 0 aliphatic heterocycles. The van der Waals surface area contributed by atoms with Crippen LogP contribution in [0.5, 0.6) is 5.75 Å². The largest absolute Gasteiger partial charge is 0.550 e. The molecule has 5 nitrogen and oxygen atoms in total. The summed E-state index contributed by atoms with van der Waals surface area (Å²) in [5.74, 6) is -2.09. The predicted molar refractivity (Wildman–Crippen MR) is 79.0 cm³/mol. The number of benzene rings is 1. The number of carboxylic acid groups (broad SMARTS) is 1. The van der Waals surface area contributed by atoms with Gasteiger partial charge in [-0.05, 0) is 48.9 Å². The topological polar surface area (TPSA) is 78.5 Å². The maximum absolute atomic E-state index is 12.6. The van der Waals surface area contributed by atoms with Gasteiger partial charge >= 0.3 is 0 Å². The number of ether oxygens (including phenoxy) is 1. The van der Waals surface area contributed by atoms with E-state index in [0.29, 0.717) is 11.4 Å². The molecule has 0 radical (unpaired) electrons. The Bertz CT molecular complexity index is 608. The summed E-state index contributed by atoms with van der Waals surface area (Å²) >= 11 is 0. The molecule has 4 atom stereocenters. The molecule has 0 heterocycles. The number of methoxy groups -OCH3 is 1. The summed E-state index contributed by atoms with van der Waals surface area (Å²) in [5, 5.41) is 14.3. The van der Waals surface area contributed by atoms with E-state index in [1.807, 2.05) is 12.2 Å². The molecule has 0 spiro atoms. The number of hydrogen-bond donors (Lipinski definition) is 1. The summed E-state index contributed by atoms with van der Waals surface area (Å²) in [6.45, 7) is 0. The minimum atomic E-state index is -1.13. The Kier molecular flexibility index (Phi) is 3.88. The standard InChI is InChI=1S/C17H19NO4/c1-22-13-8-6-12(7-9-13)18-16(19)14-10-2-4-11(5-3-10)15(14)17(20)21/h2,4,6-11,14-15H,3,5H2,1H3,(H,18,19)(H,20,21)/p-1/t10-,11-,14-,15+/m1/s1. The van der Waals surface area contributed by atoms with E-state index in [4.69, 9.17) is 4.74 Å². The number of aliphatic carboxylic acids is 1. The van der Waals surface area contributed by atoms with Gasteiger partial charge in [0.05, 0.1) is 13.0 Å². The molecular formula is C17H18NO4-. The van der Waals surface area contributed by atoms with Crippen molar-refractivity contribution in [2.24, 2.45) is 23.7 Å². The molecule has 1 aromatic carbocycles. The number of carbonyl (C=O) groups is 2. The fourth-order valence-corrected chi connectivity index (χ4v) is 3.57. The third kappa shape index (κ3) is 2.58. The van der Waals surface area contributed by atoms with Crippen LogP contribution in [-0.2, 0) is 9.59 Å². The second kappa shape index (κ2) is 5.83. The van der Waals surface area contributed by atoms with Gasteiger partial charge in [-0.15, -0.1) is 0 Å². The van der Waals surface area contributed by atoms with Crippen LogP contribution in [0.1, 0.15) is 12.8 Å². The molecule has 0 aromatic heterocycles. The van der Waals surface area contributed by atoms with E-state index in [1.165, 1.54) is 0 Å². The summed E-state index contributed by atoms with van der Waals surface area (Å²) in [4.78, 5) is 24.0. The van der Waals surface area contributed by atoms with Crippen LogP contribution in [0, 0.1) is 23.7 Å². The average molecular weight is 300 g/mol. The van der Waals surface area contributed by atoms with E-state index in [9.17, 15) is 14.7 Å². The van der Waals surface area contributed by atoms with Crippen molar-refractivity contribution >= 4 is 17.6 Å². The van der Waals surface area contributed by atoms with Gasteiger partial charge in [0.25, 0.3) is 0 Å². The molecule has 116 valence electrons. The second-order valence-corrected chi connectivity index (χ2v) is 5.88. The maximum atomic E-state index is 12.6. The zero-order chi connectivity index (χ0) is 15.7. The van der Waals surface area contributed by atoms with Crippen molar-refractivity contribution in [2.45, 2.75) is 12.8 Å². The molecule has 5 heteroatoms. The molecule has 0 saturated heterocycles. The Labute approximate surface area is 129 Å². The highest BCUT2D eigenvalue weighted by atomic mass is 16.5. The summed E-state index contributed by atoms with van der Waals surface area (Å²) in [5.41, 5.74) is 0.633. The van der Waals surface area contributed by atoms with Gasteiger partial charge in [0.15, 0.2) is 0 Å². The number of carbonyl (C=O) groups excluding carboxylic acids is 2. The van der Waals surface area contributed by atoms with Crippen LogP contribution in [0.15, 0.2) is 36.4 Å². The molecule has 1 fully saturated rings. The van der Waals surface area contributed by atoms with Crippen molar-refractivity contribution in [3.05, 3.63) is 36.4 Å². The van der Waals surface area contributed by atoms with Crippen LogP contribution >= 0.6 is 0 Å². The summed E-state index contributed by atoms with van der Waals surface area (Å²) < 4.78 is 5.07. The van der Waals surface area contributed by atoms with Gasteiger partial charge in [-0.3, -0.25) is 4.79 Å². The first-order valence-corrected chi connectivity index (χ1v) is 7.44. The smallest absolute Gasteiger partial charge is 0.228 e. The molecule has 3 aliphatic carbocycles. The lowest BCUT2D eigenvalue weighted by Crippen LogP contribution is -2.51. The average Bonchev–Trinajstić information content (AvgIpc) is 2.55. The van der Waals surface area contributed by atoms with Crippen LogP contribution in [0.4, 0.5) is 5.69 Å². The van der Waals surface area contributed by atoms with Gasteiger partial charge in [0.2, 0.25) is 5.91 Å². The molecule has 0 unspecified atom stereocenters. The monoisotopic (exact) mass is 300 g/mol. The number of rotatable bonds is 4.